The summed E-state index contributed by atoms with van der Waals surface area (Å²) in [5, 5.41) is 12.7. The molecule has 3 nitrogen and oxygen atoms in total. The molecule has 2 rings (SSSR count). The molecule has 0 fully saturated rings. The summed E-state index contributed by atoms with van der Waals surface area (Å²) in [5.41, 5.74) is 1.88. The van der Waals surface area contributed by atoms with Gasteiger partial charge >= 0.3 is 5.97 Å². The molecule has 0 radical (unpaired) electrons. The lowest BCUT2D eigenvalue weighted by Crippen LogP contribution is -2.34. The van der Waals surface area contributed by atoms with Crippen LogP contribution in [0, 0.1) is 5.92 Å². The second-order valence-corrected chi connectivity index (χ2v) is 4.71. The smallest absolute Gasteiger partial charge is 0.311 e. The first-order valence-electron chi connectivity index (χ1n) is 5.68. The van der Waals surface area contributed by atoms with Crippen LogP contribution in [0.25, 0.3) is 0 Å². The first-order valence-corrected chi connectivity index (χ1v) is 5.68. The van der Waals surface area contributed by atoms with Gasteiger partial charge in [-0.25, -0.2) is 0 Å². The van der Waals surface area contributed by atoms with Crippen LogP contribution in [-0.4, -0.2) is 17.1 Å². The molecule has 1 aromatic rings. The highest BCUT2D eigenvalue weighted by molar-refractivity contribution is 5.80. The first kappa shape index (κ1) is 11.0. The Kier molecular flexibility index (Phi) is 2.86. The van der Waals surface area contributed by atoms with E-state index in [1.54, 1.807) is 0 Å². The molecule has 1 aromatic carbocycles. The molecule has 3 heteroatoms. The van der Waals surface area contributed by atoms with Crippen LogP contribution in [0.15, 0.2) is 24.3 Å². The predicted molar refractivity (Wildman–Crippen MR) is 63.7 cm³/mol. The third kappa shape index (κ3) is 1.90. The second kappa shape index (κ2) is 4.16. The standard InChI is InChI=1S/C13H17NO2/c1-8(2)12-7-10(13(15)16)9-5-3-4-6-11(9)14-12/h3-6,8,10,12,14H,7H2,1-2H3,(H,15,16)/t10-,12-/m0/s1. The van der Waals surface area contributed by atoms with Crippen molar-refractivity contribution in [3.8, 4) is 0 Å². The van der Waals surface area contributed by atoms with Gasteiger partial charge in [0.25, 0.3) is 0 Å². The third-order valence-electron chi connectivity index (χ3n) is 3.27. The fraction of sp³-hybridized carbons (Fsp3) is 0.462. The molecule has 86 valence electrons. The molecule has 2 N–H and O–H groups in total. The lowest BCUT2D eigenvalue weighted by molar-refractivity contribution is -0.139. The van der Waals surface area contributed by atoms with Crippen molar-refractivity contribution in [3.05, 3.63) is 29.8 Å². The van der Waals surface area contributed by atoms with Gasteiger partial charge < -0.3 is 10.4 Å². The average molecular weight is 219 g/mol. The summed E-state index contributed by atoms with van der Waals surface area (Å²) >= 11 is 0. The summed E-state index contributed by atoms with van der Waals surface area (Å²) in [5.74, 6) is -0.653. The maximum absolute atomic E-state index is 11.3. The lowest BCUT2D eigenvalue weighted by Gasteiger charge is -2.33. The van der Waals surface area contributed by atoms with E-state index in [-0.39, 0.29) is 12.0 Å². The summed E-state index contributed by atoms with van der Waals surface area (Å²) in [6.07, 6.45) is 0.671. The van der Waals surface area contributed by atoms with E-state index in [0.29, 0.717) is 12.3 Å². The third-order valence-corrected chi connectivity index (χ3v) is 3.27. The molecule has 0 aromatic heterocycles. The zero-order valence-electron chi connectivity index (χ0n) is 9.60. The Morgan fingerprint density at radius 2 is 2.12 bits per heavy atom. The summed E-state index contributed by atoms with van der Waals surface area (Å²) in [6, 6.07) is 7.94. The zero-order chi connectivity index (χ0) is 11.7. The number of hydrogen-bond donors (Lipinski definition) is 2. The van der Waals surface area contributed by atoms with Crippen LogP contribution in [0.4, 0.5) is 5.69 Å². The number of para-hydroxylation sites is 1. The second-order valence-electron chi connectivity index (χ2n) is 4.71. The van der Waals surface area contributed by atoms with Crippen molar-refractivity contribution >= 4 is 11.7 Å². The summed E-state index contributed by atoms with van der Waals surface area (Å²) < 4.78 is 0. The molecule has 0 bridgehead atoms. The highest BCUT2D eigenvalue weighted by Gasteiger charge is 2.32. The number of carboxylic acid groups (broad SMARTS) is 1. The number of aliphatic carboxylic acids is 1. The van der Waals surface area contributed by atoms with Crippen LogP contribution in [0.2, 0.25) is 0 Å². The van der Waals surface area contributed by atoms with Crippen molar-refractivity contribution in [2.24, 2.45) is 5.92 Å². The van der Waals surface area contributed by atoms with Gasteiger partial charge in [0.1, 0.15) is 0 Å². The average Bonchev–Trinajstić information content (AvgIpc) is 2.27. The van der Waals surface area contributed by atoms with Gasteiger partial charge in [0.2, 0.25) is 0 Å². The highest BCUT2D eigenvalue weighted by Crippen LogP contribution is 2.36. The Labute approximate surface area is 95.5 Å². The van der Waals surface area contributed by atoms with Gasteiger partial charge in [0.05, 0.1) is 5.92 Å². The van der Waals surface area contributed by atoms with Crippen molar-refractivity contribution in [1.82, 2.24) is 0 Å². The fourth-order valence-corrected chi connectivity index (χ4v) is 2.24. The topological polar surface area (TPSA) is 49.3 Å². The van der Waals surface area contributed by atoms with Gasteiger partial charge in [-0.05, 0) is 24.0 Å². The van der Waals surface area contributed by atoms with Crippen LogP contribution in [0.3, 0.4) is 0 Å². The Bertz CT molecular complexity index is 401. The van der Waals surface area contributed by atoms with Crippen molar-refractivity contribution in [2.75, 3.05) is 5.32 Å². The molecule has 0 saturated heterocycles. The minimum absolute atomic E-state index is 0.246. The van der Waals surface area contributed by atoms with Crippen LogP contribution in [-0.2, 0) is 4.79 Å². The Morgan fingerprint density at radius 3 is 2.75 bits per heavy atom. The molecular formula is C13H17NO2. The summed E-state index contributed by atoms with van der Waals surface area (Å²) in [6.45, 7) is 4.23. The van der Waals surface area contributed by atoms with Gasteiger partial charge in [-0.15, -0.1) is 0 Å². The van der Waals surface area contributed by atoms with Crippen LogP contribution in [0.5, 0.6) is 0 Å². The minimum atomic E-state index is -0.723. The first-order chi connectivity index (χ1) is 7.59. The van der Waals surface area contributed by atoms with E-state index in [2.05, 4.69) is 19.2 Å². The van der Waals surface area contributed by atoms with Gasteiger partial charge in [-0.3, -0.25) is 4.79 Å². The van der Waals surface area contributed by atoms with Gasteiger partial charge in [-0.2, -0.15) is 0 Å². The number of anilines is 1. The van der Waals surface area contributed by atoms with Crippen LogP contribution in [0.1, 0.15) is 31.7 Å². The lowest BCUT2D eigenvalue weighted by atomic mass is 9.83. The number of carbonyl (C=O) groups is 1. The normalized spacial score (nSPS) is 23.7. The van der Waals surface area contributed by atoms with Gasteiger partial charge in [-0.1, -0.05) is 32.0 Å². The number of fused-ring (bicyclic) bond motifs is 1. The number of carboxylic acids is 1. The zero-order valence-corrected chi connectivity index (χ0v) is 9.60. The molecule has 16 heavy (non-hydrogen) atoms. The number of nitrogens with one attached hydrogen (secondary N) is 1. The molecule has 1 aliphatic rings. The molecule has 1 heterocycles. The molecular weight excluding hydrogens is 202 g/mol. The molecule has 1 aliphatic heterocycles. The Hall–Kier alpha value is -1.51. The van der Waals surface area contributed by atoms with Crippen molar-refractivity contribution < 1.29 is 9.90 Å². The summed E-state index contributed by atoms with van der Waals surface area (Å²) in [7, 11) is 0. The van der Waals surface area contributed by atoms with Gasteiger partial charge in [0.15, 0.2) is 0 Å². The van der Waals surface area contributed by atoms with Crippen molar-refractivity contribution in [2.45, 2.75) is 32.2 Å². The van der Waals surface area contributed by atoms with E-state index < -0.39 is 5.97 Å². The minimum Gasteiger partial charge on any atom is -0.481 e. The molecule has 0 aliphatic carbocycles. The van der Waals surface area contributed by atoms with Crippen molar-refractivity contribution in [3.63, 3.8) is 0 Å². The maximum Gasteiger partial charge on any atom is 0.311 e. The van der Waals surface area contributed by atoms with E-state index >= 15 is 0 Å². The number of rotatable bonds is 2. The van der Waals surface area contributed by atoms with Gasteiger partial charge in [0, 0.05) is 11.7 Å². The molecule has 0 amide bonds. The van der Waals surface area contributed by atoms with Crippen molar-refractivity contribution in [1.29, 1.82) is 0 Å². The van der Waals surface area contributed by atoms with Crippen LogP contribution >= 0.6 is 0 Å². The van der Waals surface area contributed by atoms with Crippen LogP contribution < -0.4 is 5.32 Å². The fourth-order valence-electron chi connectivity index (χ4n) is 2.24. The molecule has 0 unspecified atom stereocenters. The maximum atomic E-state index is 11.3. The molecule has 2 atom stereocenters. The Morgan fingerprint density at radius 1 is 1.44 bits per heavy atom. The quantitative estimate of drug-likeness (QED) is 0.804. The number of hydrogen-bond acceptors (Lipinski definition) is 2. The van der Waals surface area contributed by atoms with E-state index in [0.717, 1.165) is 11.3 Å². The van der Waals surface area contributed by atoms with E-state index in [9.17, 15) is 9.90 Å². The number of benzene rings is 1. The Balaban J connectivity index is 2.37. The predicted octanol–water partition coefficient (Wildman–Crippen LogP) is 2.70. The van der Waals surface area contributed by atoms with E-state index in [1.165, 1.54) is 0 Å². The SMILES string of the molecule is CC(C)[C@@H]1C[C@H](C(=O)O)c2ccccc2N1. The monoisotopic (exact) mass is 219 g/mol. The molecule has 0 spiro atoms. The largest absolute Gasteiger partial charge is 0.481 e. The summed E-state index contributed by atoms with van der Waals surface area (Å²) in [4.78, 5) is 11.3. The molecule has 0 saturated carbocycles. The highest BCUT2D eigenvalue weighted by atomic mass is 16.4. The van der Waals surface area contributed by atoms with E-state index in [1.807, 2.05) is 24.3 Å². The van der Waals surface area contributed by atoms with E-state index in [4.69, 9.17) is 0 Å².